The van der Waals surface area contributed by atoms with E-state index in [1.807, 2.05) is 6.92 Å². The lowest BCUT2D eigenvalue weighted by Crippen LogP contribution is -2.45. The monoisotopic (exact) mass is 300 g/mol. The lowest BCUT2D eigenvalue weighted by atomic mass is 9.93. The van der Waals surface area contributed by atoms with Gasteiger partial charge in [-0.3, -0.25) is 5.73 Å². The first kappa shape index (κ1) is 14.0. The molecule has 19 heavy (non-hydrogen) atoms. The molecule has 0 amide bonds. The van der Waals surface area contributed by atoms with Crippen molar-refractivity contribution in [2.75, 3.05) is 7.11 Å². The zero-order valence-electron chi connectivity index (χ0n) is 10.5. The van der Waals surface area contributed by atoms with E-state index in [0.29, 0.717) is 21.4 Å². The average molecular weight is 301 g/mol. The molecule has 5 nitrogen and oxygen atoms in total. The second kappa shape index (κ2) is 4.92. The molecule has 2 rings (SSSR count). The average Bonchev–Trinajstić information content (AvgIpc) is 2.34. The second-order valence-corrected chi connectivity index (χ2v) is 5.02. The highest BCUT2D eigenvalue weighted by atomic mass is 35.5. The van der Waals surface area contributed by atoms with E-state index >= 15 is 0 Å². The van der Waals surface area contributed by atoms with Crippen LogP contribution in [0.3, 0.4) is 0 Å². The zero-order valence-corrected chi connectivity index (χ0v) is 12.0. The Hall–Kier alpha value is -1.43. The van der Waals surface area contributed by atoms with Gasteiger partial charge < -0.3 is 15.8 Å². The van der Waals surface area contributed by atoms with Crippen LogP contribution in [-0.4, -0.2) is 13.1 Å². The summed E-state index contributed by atoms with van der Waals surface area (Å²) in [6, 6.07) is 3.25. The Morgan fingerprint density at radius 2 is 2.00 bits per heavy atom. The van der Waals surface area contributed by atoms with Crippen LogP contribution in [0.4, 0.5) is 0 Å². The van der Waals surface area contributed by atoms with Crippen LogP contribution in [0.2, 0.25) is 10.0 Å². The quantitative estimate of drug-likeness (QED) is 0.779. The summed E-state index contributed by atoms with van der Waals surface area (Å²) in [6.45, 7) is 1.83. The van der Waals surface area contributed by atoms with Crippen molar-refractivity contribution >= 4 is 29.2 Å². The summed E-state index contributed by atoms with van der Waals surface area (Å²) in [4.78, 5) is 4.24. The molecule has 0 radical (unpaired) electrons. The lowest BCUT2D eigenvalue weighted by molar-refractivity contribution is 0.412. The summed E-state index contributed by atoms with van der Waals surface area (Å²) >= 11 is 12.2. The number of halogens is 2. The SMILES string of the molecule is COc1cc(C2(N)N=C(N)NC=C2C)c(Cl)cc1Cl. The highest BCUT2D eigenvalue weighted by Gasteiger charge is 2.34. The standard InChI is InChI=1S/C12H14Cl2N4O/c1-6-5-17-11(15)18-12(6,16)7-3-10(19-2)9(14)4-8(7)13/h3-5H,16H2,1-2H3,(H3,15,17,18). The maximum Gasteiger partial charge on any atom is 0.195 e. The van der Waals surface area contributed by atoms with Crippen LogP contribution in [0.15, 0.2) is 28.9 Å². The van der Waals surface area contributed by atoms with Crippen molar-refractivity contribution in [3.8, 4) is 5.75 Å². The molecule has 1 heterocycles. The van der Waals surface area contributed by atoms with Gasteiger partial charge in [0, 0.05) is 16.8 Å². The fourth-order valence-electron chi connectivity index (χ4n) is 1.85. The van der Waals surface area contributed by atoms with Gasteiger partial charge in [0.05, 0.1) is 12.1 Å². The fraction of sp³-hybridized carbons (Fsp3) is 0.250. The van der Waals surface area contributed by atoms with Crippen LogP contribution < -0.4 is 21.5 Å². The third-order valence-electron chi connectivity index (χ3n) is 2.99. The molecule has 1 aromatic carbocycles. The van der Waals surface area contributed by atoms with Gasteiger partial charge in [0.15, 0.2) is 11.6 Å². The summed E-state index contributed by atoms with van der Waals surface area (Å²) in [5, 5.41) is 3.61. The number of nitrogens with two attached hydrogens (primary N) is 2. The van der Waals surface area contributed by atoms with Crippen LogP contribution in [0, 0.1) is 0 Å². The highest BCUT2D eigenvalue weighted by molar-refractivity contribution is 6.36. The summed E-state index contributed by atoms with van der Waals surface area (Å²) in [5.41, 5.74) is 12.2. The summed E-state index contributed by atoms with van der Waals surface area (Å²) in [5.74, 6) is 0.698. The number of nitrogens with one attached hydrogen (secondary N) is 1. The molecule has 1 aliphatic rings. The Balaban J connectivity index is 2.63. The third kappa shape index (κ3) is 2.36. The first-order chi connectivity index (χ1) is 8.88. The summed E-state index contributed by atoms with van der Waals surface area (Å²) in [7, 11) is 1.52. The molecule has 0 bridgehead atoms. The number of rotatable bonds is 2. The number of aliphatic imine (C=N–C) groups is 1. The Morgan fingerprint density at radius 1 is 1.32 bits per heavy atom. The largest absolute Gasteiger partial charge is 0.495 e. The number of ether oxygens (including phenoxy) is 1. The lowest BCUT2D eigenvalue weighted by Gasteiger charge is -2.31. The van der Waals surface area contributed by atoms with Crippen molar-refractivity contribution in [2.24, 2.45) is 16.5 Å². The summed E-state index contributed by atoms with van der Waals surface area (Å²) in [6.07, 6.45) is 1.69. The Morgan fingerprint density at radius 3 is 2.63 bits per heavy atom. The number of nitrogens with zero attached hydrogens (tertiary/aromatic N) is 1. The van der Waals surface area contributed by atoms with Crippen molar-refractivity contribution in [3.63, 3.8) is 0 Å². The molecule has 5 N–H and O–H groups in total. The van der Waals surface area contributed by atoms with Gasteiger partial charge in [0.2, 0.25) is 0 Å². The van der Waals surface area contributed by atoms with Gasteiger partial charge >= 0.3 is 0 Å². The number of benzene rings is 1. The predicted molar refractivity (Wildman–Crippen MR) is 77.4 cm³/mol. The van der Waals surface area contributed by atoms with E-state index < -0.39 is 5.66 Å². The molecular formula is C12H14Cl2N4O. The van der Waals surface area contributed by atoms with Crippen LogP contribution in [0.1, 0.15) is 12.5 Å². The fourth-order valence-corrected chi connectivity index (χ4v) is 2.46. The highest BCUT2D eigenvalue weighted by Crippen LogP contribution is 2.39. The first-order valence-corrected chi connectivity index (χ1v) is 6.25. The molecule has 1 atom stereocenters. The maximum absolute atomic E-state index is 6.33. The van der Waals surface area contributed by atoms with Gasteiger partial charge in [-0.25, -0.2) is 4.99 Å². The number of methoxy groups -OCH3 is 1. The first-order valence-electron chi connectivity index (χ1n) is 5.50. The molecule has 7 heteroatoms. The molecule has 1 aromatic rings. The van der Waals surface area contributed by atoms with E-state index in [1.165, 1.54) is 7.11 Å². The van der Waals surface area contributed by atoms with Crippen LogP contribution in [-0.2, 0) is 5.66 Å². The smallest absolute Gasteiger partial charge is 0.195 e. The maximum atomic E-state index is 6.33. The van der Waals surface area contributed by atoms with Crippen molar-refractivity contribution in [2.45, 2.75) is 12.6 Å². The predicted octanol–water partition coefficient (Wildman–Crippen LogP) is 1.94. The van der Waals surface area contributed by atoms with Gasteiger partial charge in [-0.15, -0.1) is 0 Å². The van der Waals surface area contributed by atoms with Gasteiger partial charge in [-0.2, -0.15) is 0 Å². The molecule has 102 valence electrons. The Bertz CT molecular complexity index is 585. The van der Waals surface area contributed by atoms with Crippen molar-refractivity contribution in [1.29, 1.82) is 0 Å². The van der Waals surface area contributed by atoms with Gasteiger partial charge in [-0.05, 0) is 24.6 Å². The molecule has 0 aliphatic carbocycles. The molecule has 0 spiro atoms. The minimum absolute atomic E-state index is 0.220. The Kier molecular flexibility index (Phi) is 3.62. The van der Waals surface area contributed by atoms with E-state index in [4.69, 9.17) is 39.4 Å². The minimum atomic E-state index is -1.13. The van der Waals surface area contributed by atoms with Crippen molar-refractivity contribution in [1.82, 2.24) is 5.32 Å². The van der Waals surface area contributed by atoms with Gasteiger partial charge in [0.1, 0.15) is 5.75 Å². The van der Waals surface area contributed by atoms with E-state index in [0.717, 1.165) is 5.57 Å². The number of hydrogen-bond acceptors (Lipinski definition) is 5. The minimum Gasteiger partial charge on any atom is -0.495 e. The molecule has 0 saturated carbocycles. The summed E-state index contributed by atoms with van der Waals surface area (Å²) < 4.78 is 5.18. The van der Waals surface area contributed by atoms with Gasteiger partial charge in [0.25, 0.3) is 0 Å². The third-order valence-corrected chi connectivity index (χ3v) is 3.59. The number of guanidine groups is 1. The molecule has 0 fully saturated rings. The van der Waals surface area contributed by atoms with Crippen molar-refractivity contribution < 1.29 is 4.74 Å². The van der Waals surface area contributed by atoms with Crippen LogP contribution >= 0.6 is 23.2 Å². The van der Waals surface area contributed by atoms with Gasteiger partial charge in [-0.1, -0.05) is 23.2 Å². The normalized spacial score (nSPS) is 22.4. The molecule has 0 saturated heterocycles. The van der Waals surface area contributed by atoms with E-state index in [9.17, 15) is 0 Å². The topological polar surface area (TPSA) is 85.7 Å². The van der Waals surface area contributed by atoms with E-state index in [-0.39, 0.29) is 5.96 Å². The Labute approximate surface area is 121 Å². The van der Waals surface area contributed by atoms with E-state index in [2.05, 4.69) is 10.3 Å². The van der Waals surface area contributed by atoms with Crippen LogP contribution in [0.25, 0.3) is 0 Å². The molecular weight excluding hydrogens is 287 g/mol. The molecule has 0 aromatic heterocycles. The second-order valence-electron chi connectivity index (χ2n) is 4.20. The zero-order chi connectivity index (χ0) is 14.2. The van der Waals surface area contributed by atoms with Crippen LogP contribution in [0.5, 0.6) is 5.75 Å². The molecule has 1 unspecified atom stereocenters. The van der Waals surface area contributed by atoms with Crippen molar-refractivity contribution in [3.05, 3.63) is 39.5 Å². The number of hydrogen-bond donors (Lipinski definition) is 3. The van der Waals surface area contributed by atoms with E-state index in [1.54, 1.807) is 18.3 Å². The molecule has 1 aliphatic heterocycles.